The van der Waals surface area contributed by atoms with Crippen molar-refractivity contribution in [3.8, 4) is 0 Å². The molecule has 0 unspecified atom stereocenters. The average molecular weight is 332 g/mol. The van der Waals surface area contributed by atoms with Crippen LogP contribution in [0.15, 0.2) is 35.4 Å². The highest BCUT2D eigenvalue weighted by atomic mass is 35.5. The lowest BCUT2D eigenvalue weighted by Gasteiger charge is -2.05. The number of aromatic nitrogens is 1. The van der Waals surface area contributed by atoms with Gasteiger partial charge in [-0.3, -0.25) is 4.72 Å². The molecule has 20 heavy (non-hydrogen) atoms. The minimum Gasteiger partial charge on any atom is -0.550 e. The third-order valence-corrected chi connectivity index (χ3v) is 4.81. The molecular formula is C11H8ClN2O4S2-. The Labute approximate surface area is 124 Å². The maximum absolute atomic E-state index is 12.1. The second kappa shape index (κ2) is 5.78. The highest BCUT2D eigenvalue weighted by molar-refractivity contribution is 7.93. The van der Waals surface area contributed by atoms with Crippen LogP contribution in [0.4, 0.5) is 5.13 Å². The summed E-state index contributed by atoms with van der Waals surface area (Å²) in [6, 6.07) is 5.77. The number of carbonyl (C=O) groups excluding carboxylic acids is 1. The number of benzene rings is 1. The van der Waals surface area contributed by atoms with Crippen molar-refractivity contribution in [1.82, 2.24) is 4.98 Å². The van der Waals surface area contributed by atoms with Gasteiger partial charge in [0.15, 0.2) is 5.13 Å². The molecule has 9 heteroatoms. The van der Waals surface area contributed by atoms with Crippen LogP contribution in [0, 0.1) is 0 Å². The SMILES string of the molecule is O=C([O-])Cc1cnc(NS(=O)(=O)c2cccc(Cl)c2)s1. The lowest BCUT2D eigenvalue weighted by atomic mass is 10.4. The summed E-state index contributed by atoms with van der Waals surface area (Å²) in [5, 5.41) is 10.8. The van der Waals surface area contributed by atoms with Crippen LogP contribution in [-0.2, 0) is 21.2 Å². The van der Waals surface area contributed by atoms with Crippen molar-refractivity contribution < 1.29 is 18.3 Å². The van der Waals surface area contributed by atoms with Crippen molar-refractivity contribution >= 4 is 44.1 Å². The van der Waals surface area contributed by atoms with Crippen molar-refractivity contribution in [2.45, 2.75) is 11.3 Å². The Hall–Kier alpha value is -1.64. The minimum atomic E-state index is -3.80. The third-order valence-electron chi connectivity index (χ3n) is 2.20. The molecule has 0 spiro atoms. The summed E-state index contributed by atoms with van der Waals surface area (Å²) in [7, 11) is -3.80. The smallest absolute Gasteiger partial charge is 0.263 e. The first kappa shape index (κ1) is 14.8. The van der Waals surface area contributed by atoms with Crippen LogP contribution in [0.3, 0.4) is 0 Å². The molecule has 0 aliphatic heterocycles. The molecule has 0 bridgehead atoms. The number of thiazole rings is 1. The summed E-state index contributed by atoms with van der Waals surface area (Å²) in [4.78, 5) is 14.6. The van der Waals surface area contributed by atoms with E-state index in [2.05, 4.69) is 9.71 Å². The molecule has 2 aromatic rings. The molecule has 0 fully saturated rings. The summed E-state index contributed by atoms with van der Waals surface area (Å²) < 4.78 is 26.4. The van der Waals surface area contributed by atoms with E-state index in [9.17, 15) is 18.3 Å². The van der Waals surface area contributed by atoms with E-state index in [1.165, 1.54) is 24.4 Å². The van der Waals surface area contributed by atoms with Crippen molar-refractivity contribution in [3.05, 3.63) is 40.4 Å². The minimum absolute atomic E-state index is 0.00153. The van der Waals surface area contributed by atoms with E-state index in [0.29, 0.717) is 9.90 Å². The van der Waals surface area contributed by atoms with E-state index in [1.807, 2.05) is 0 Å². The third kappa shape index (κ3) is 3.69. The number of rotatable bonds is 5. The first-order valence-corrected chi connectivity index (χ1v) is 7.97. The van der Waals surface area contributed by atoms with Gasteiger partial charge in [0.05, 0.1) is 4.90 Å². The average Bonchev–Trinajstić information content (AvgIpc) is 2.74. The Bertz CT molecular complexity index is 742. The number of nitrogens with one attached hydrogen (secondary N) is 1. The number of hydrogen-bond donors (Lipinski definition) is 1. The van der Waals surface area contributed by atoms with Crippen LogP contribution in [0.25, 0.3) is 0 Å². The van der Waals surface area contributed by atoms with Crippen molar-refractivity contribution in [1.29, 1.82) is 0 Å². The van der Waals surface area contributed by atoms with Crippen molar-refractivity contribution in [2.75, 3.05) is 4.72 Å². The van der Waals surface area contributed by atoms with E-state index >= 15 is 0 Å². The molecule has 0 aliphatic rings. The summed E-state index contributed by atoms with van der Waals surface area (Å²) >= 11 is 6.67. The van der Waals surface area contributed by atoms with Gasteiger partial charge >= 0.3 is 0 Å². The van der Waals surface area contributed by atoms with Gasteiger partial charge in [-0.2, -0.15) is 0 Å². The molecule has 1 N–H and O–H groups in total. The highest BCUT2D eigenvalue weighted by Crippen LogP contribution is 2.23. The van der Waals surface area contributed by atoms with E-state index in [1.54, 1.807) is 6.07 Å². The summed E-state index contributed by atoms with van der Waals surface area (Å²) in [6.07, 6.45) is 0.979. The van der Waals surface area contributed by atoms with Gasteiger partial charge in [-0.25, -0.2) is 13.4 Å². The fourth-order valence-electron chi connectivity index (χ4n) is 1.39. The molecule has 1 aromatic heterocycles. The zero-order chi connectivity index (χ0) is 14.8. The number of halogens is 1. The van der Waals surface area contributed by atoms with E-state index in [4.69, 9.17) is 11.6 Å². The van der Waals surface area contributed by atoms with Gasteiger partial charge < -0.3 is 9.90 Å². The normalized spacial score (nSPS) is 11.2. The van der Waals surface area contributed by atoms with Crippen LogP contribution < -0.4 is 9.83 Å². The zero-order valence-corrected chi connectivity index (χ0v) is 12.3. The lowest BCUT2D eigenvalue weighted by molar-refractivity contribution is -0.304. The van der Waals surface area contributed by atoms with Crippen LogP contribution >= 0.6 is 22.9 Å². The largest absolute Gasteiger partial charge is 0.550 e. The Morgan fingerprint density at radius 3 is 2.85 bits per heavy atom. The number of sulfonamides is 1. The summed E-state index contributed by atoms with van der Waals surface area (Å²) in [5.74, 6) is -1.25. The number of nitrogens with zero attached hydrogens (tertiary/aromatic N) is 1. The van der Waals surface area contributed by atoms with Gasteiger partial charge in [-0.15, -0.1) is 11.3 Å². The topological polar surface area (TPSA) is 99.2 Å². The predicted molar refractivity (Wildman–Crippen MR) is 73.1 cm³/mol. The van der Waals surface area contributed by atoms with Gasteiger partial charge in [0.2, 0.25) is 0 Å². The highest BCUT2D eigenvalue weighted by Gasteiger charge is 2.16. The number of carbonyl (C=O) groups is 1. The first-order chi connectivity index (χ1) is 9.37. The van der Waals surface area contributed by atoms with E-state index in [-0.39, 0.29) is 16.4 Å². The van der Waals surface area contributed by atoms with Gasteiger partial charge in [0.1, 0.15) is 0 Å². The van der Waals surface area contributed by atoms with Gasteiger partial charge in [0, 0.05) is 28.5 Å². The zero-order valence-electron chi connectivity index (χ0n) is 9.87. The van der Waals surface area contributed by atoms with Crippen LogP contribution in [-0.4, -0.2) is 19.4 Å². The molecule has 1 aromatic carbocycles. The van der Waals surface area contributed by atoms with Crippen LogP contribution in [0.2, 0.25) is 5.02 Å². The number of carboxylic acid groups (broad SMARTS) is 1. The van der Waals surface area contributed by atoms with Gasteiger partial charge in [-0.05, 0) is 18.2 Å². The Kier molecular flexibility index (Phi) is 4.26. The van der Waals surface area contributed by atoms with Crippen molar-refractivity contribution in [2.24, 2.45) is 0 Å². The van der Waals surface area contributed by atoms with Crippen LogP contribution in [0.1, 0.15) is 4.88 Å². The number of anilines is 1. The molecule has 0 radical (unpaired) electrons. The van der Waals surface area contributed by atoms with Gasteiger partial charge in [0.25, 0.3) is 10.0 Å². The molecule has 6 nitrogen and oxygen atoms in total. The Morgan fingerprint density at radius 1 is 1.45 bits per heavy atom. The predicted octanol–water partition coefficient (Wildman–Crippen LogP) is 0.890. The molecule has 0 aliphatic carbocycles. The summed E-state index contributed by atoms with van der Waals surface area (Å²) in [6.45, 7) is 0. The molecule has 0 saturated heterocycles. The van der Waals surface area contributed by atoms with E-state index in [0.717, 1.165) is 11.3 Å². The molecular weight excluding hydrogens is 324 g/mol. The monoisotopic (exact) mass is 331 g/mol. The number of hydrogen-bond acceptors (Lipinski definition) is 6. The number of carboxylic acids is 1. The Morgan fingerprint density at radius 2 is 2.20 bits per heavy atom. The molecule has 1 heterocycles. The standard InChI is InChI=1S/C11H9ClN2O4S2/c12-7-2-1-3-9(4-7)20(17,18)14-11-13-6-8(19-11)5-10(15)16/h1-4,6H,5H2,(H,13,14)(H,15,16)/p-1. The fraction of sp³-hybridized carbons (Fsp3) is 0.0909. The van der Waals surface area contributed by atoms with E-state index < -0.39 is 16.0 Å². The maximum atomic E-state index is 12.1. The summed E-state index contributed by atoms with van der Waals surface area (Å²) in [5.41, 5.74) is 0. The van der Waals surface area contributed by atoms with Gasteiger partial charge in [-0.1, -0.05) is 17.7 Å². The number of aliphatic carboxylic acids is 1. The molecule has 0 amide bonds. The fourth-order valence-corrected chi connectivity index (χ4v) is 3.73. The first-order valence-electron chi connectivity index (χ1n) is 5.30. The second-order valence-corrected chi connectivity index (χ2v) is 6.98. The maximum Gasteiger partial charge on any atom is 0.263 e. The van der Waals surface area contributed by atoms with Crippen LogP contribution in [0.5, 0.6) is 0 Å². The van der Waals surface area contributed by atoms with Crippen molar-refractivity contribution in [3.63, 3.8) is 0 Å². The molecule has 0 saturated carbocycles. The Balaban J connectivity index is 2.20. The lowest BCUT2D eigenvalue weighted by Crippen LogP contribution is -2.23. The quantitative estimate of drug-likeness (QED) is 0.877. The second-order valence-electron chi connectivity index (χ2n) is 3.74. The molecule has 2 rings (SSSR count). The molecule has 0 atom stereocenters. The molecule has 106 valence electrons.